The lowest BCUT2D eigenvalue weighted by atomic mass is 9.98. The molecule has 0 amide bonds. The van der Waals surface area contributed by atoms with Crippen LogP contribution >= 0.6 is 11.3 Å². The van der Waals surface area contributed by atoms with Crippen LogP contribution in [-0.4, -0.2) is 49.4 Å². The summed E-state index contributed by atoms with van der Waals surface area (Å²) in [6.45, 7) is 9.46. The number of oxime groups is 1. The number of esters is 1. The summed E-state index contributed by atoms with van der Waals surface area (Å²) in [6.07, 6.45) is 1.92. The SMILES string of the molecule is CCOC(=O)[C@@H]1CCCN(CCON=C(c2ccccc2C)c2sccc2C)C1. The lowest BCUT2D eigenvalue weighted by Crippen LogP contribution is -2.40. The second kappa shape index (κ2) is 10.6. The zero-order valence-corrected chi connectivity index (χ0v) is 18.3. The van der Waals surface area contributed by atoms with E-state index in [2.05, 4.69) is 47.5 Å². The van der Waals surface area contributed by atoms with E-state index in [9.17, 15) is 4.79 Å². The fourth-order valence-electron chi connectivity index (χ4n) is 3.66. The largest absolute Gasteiger partial charge is 0.466 e. The summed E-state index contributed by atoms with van der Waals surface area (Å²) in [5, 5.41) is 6.62. The van der Waals surface area contributed by atoms with Gasteiger partial charge in [-0.05, 0) is 62.7 Å². The molecule has 2 heterocycles. The predicted molar refractivity (Wildman–Crippen MR) is 118 cm³/mol. The molecule has 6 heteroatoms. The molecule has 3 rings (SSSR count). The average molecular weight is 415 g/mol. The van der Waals surface area contributed by atoms with Gasteiger partial charge in [0.1, 0.15) is 12.3 Å². The first kappa shape index (κ1) is 21.5. The number of hydrogen-bond donors (Lipinski definition) is 0. The minimum Gasteiger partial charge on any atom is -0.466 e. The number of aryl methyl sites for hydroxylation is 2. The van der Waals surface area contributed by atoms with E-state index >= 15 is 0 Å². The predicted octanol–water partition coefficient (Wildman–Crippen LogP) is 4.41. The molecule has 1 atom stereocenters. The van der Waals surface area contributed by atoms with E-state index in [4.69, 9.17) is 9.57 Å². The lowest BCUT2D eigenvalue weighted by Gasteiger charge is -2.30. The molecule has 0 N–H and O–H groups in total. The van der Waals surface area contributed by atoms with Gasteiger partial charge in [-0.2, -0.15) is 0 Å². The van der Waals surface area contributed by atoms with E-state index < -0.39 is 0 Å². The minimum absolute atomic E-state index is 0.0245. The van der Waals surface area contributed by atoms with Crippen molar-refractivity contribution in [3.05, 3.63) is 57.3 Å². The number of thiophene rings is 1. The van der Waals surface area contributed by atoms with Gasteiger partial charge in [0, 0.05) is 18.7 Å². The molecular formula is C23H30N2O3S. The van der Waals surface area contributed by atoms with Crippen molar-refractivity contribution >= 4 is 23.0 Å². The number of benzene rings is 1. The van der Waals surface area contributed by atoms with Crippen LogP contribution in [0.4, 0.5) is 0 Å². The Morgan fingerprint density at radius 3 is 2.79 bits per heavy atom. The Morgan fingerprint density at radius 2 is 2.07 bits per heavy atom. The highest BCUT2D eigenvalue weighted by Crippen LogP contribution is 2.23. The Kier molecular flexibility index (Phi) is 7.83. The lowest BCUT2D eigenvalue weighted by molar-refractivity contribution is -0.150. The van der Waals surface area contributed by atoms with Gasteiger partial charge in [-0.25, -0.2) is 0 Å². The maximum atomic E-state index is 12.0. The number of carbonyl (C=O) groups is 1. The third kappa shape index (κ3) is 5.67. The number of carbonyl (C=O) groups excluding carboxylic acids is 1. The topological polar surface area (TPSA) is 51.1 Å². The molecule has 0 saturated carbocycles. The maximum Gasteiger partial charge on any atom is 0.310 e. The van der Waals surface area contributed by atoms with Crippen molar-refractivity contribution in [3.63, 3.8) is 0 Å². The van der Waals surface area contributed by atoms with Crippen LogP contribution in [0.2, 0.25) is 0 Å². The molecule has 2 aromatic rings. The molecule has 1 aromatic carbocycles. The fraction of sp³-hybridized carbons (Fsp3) is 0.478. The summed E-state index contributed by atoms with van der Waals surface area (Å²) < 4.78 is 5.18. The molecule has 29 heavy (non-hydrogen) atoms. The molecule has 0 spiro atoms. The highest BCUT2D eigenvalue weighted by molar-refractivity contribution is 7.12. The van der Waals surface area contributed by atoms with Gasteiger partial charge >= 0.3 is 5.97 Å². The van der Waals surface area contributed by atoms with E-state index in [0.717, 1.165) is 48.6 Å². The van der Waals surface area contributed by atoms with Crippen LogP contribution in [-0.2, 0) is 14.4 Å². The van der Waals surface area contributed by atoms with E-state index in [1.807, 2.05) is 19.1 Å². The van der Waals surface area contributed by atoms with E-state index in [1.54, 1.807) is 11.3 Å². The summed E-state index contributed by atoms with van der Waals surface area (Å²) >= 11 is 1.68. The normalized spacial score (nSPS) is 17.9. The fourth-order valence-corrected chi connectivity index (χ4v) is 4.58. The quantitative estimate of drug-likeness (QED) is 0.278. The van der Waals surface area contributed by atoms with Gasteiger partial charge in [0.05, 0.1) is 17.4 Å². The molecule has 0 bridgehead atoms. The molecule has 0 unspecified atom stereocenters. The second-order valence-electron chi connectivity index (χ2n) is 7.41. The van der Waals surface area contributed by atoms with Gasteiger partial charge in [0.2, 0.25) is 0 Å². The molecule has 0 radical (unpaired) electrons. The van der Waals surface area contributed by atoms with Gasteiger partial charge in [-0.15, -0.1) is 11.3 Å². The smallest absolute Gasteiger partial charge is 0.310 e. The van der Waals surface area contributed by atoms with Crippen molar-refractivity contribution in [2.75, 3.05) is 32.8 Å². The van der Waals surface area contributed by atoms with Crippen molar-refractivity contribution in [1.29, 1.82) is 0 Å². The van der Waals surface area contributed by atoms with Crippen LogP contribution in [0.15, 0.2) is 40.9 Å². The molecule has 1 aliphatic rings. The van der Waals surface area contributed by atoms with Crippen LogP contribution in [0.3, 0.4) is 0 Å². The number of nitrogens with zero attached hydrogens (tertiary/aromatic N) is 2. The first-order chi connectivity index (χ1) is 14.1. The summed E-state index contributed by atoms with van der Waals surface area (Å²) in [5.74, 6) is -0.102. The number of rotatable bonds is 8. The Labute approximate surface area is 177 Å². The summed E-state index contributed by atoms with van der Waals surface area (Å²) in [4.78, 5) is 21.2. The molecule has 156 valence electrons. The zero-order valence-electron chi connectivity index (χ0n) is 17.5. The van der Waals surface area contributed by atoms with Crippen LogP contribution in [0.1, 0.15) is 41.3 Å². The summed E-state index contributed by atoms with van der Waals surface area (Å²) in [6, 6.07) is 10.4. The maximum absolute atomic E-state index is 12.0. The monoisotopic (exact) mass is 414 g/mol. The van der Waals surface area contributed by atoms with Gasteiger partial charge in [0.15, 0.2) is 0 Å². The first-order valence-corrected chi connectivity index (χ1v) is 11.2. The molecule has 1 aromatic heterocycles. The zero-order chi connectivity index (χ0) is 20.6. The molecule has 1 fully saturated rings. The van der Waals surface area contributed by atoms with Crippen molar-refractivity contribution in [1.82, 2.24) is 4.90 Å². The van der Waals surface area contributed by atoms with Crippen molar-refractivity contribution in [2.45, 2.75) is 33.6 Å². The third-order valence-corrected chi connectivity index (χ3v) is 6.28. The number of piperidine rings is 1. The second-order valence-corrected chi connectivity index (χ2v) is 8.33. The molecule has 5 nitrogen and oxygen atoms in total. The van der Waals surface area contributed by atoms with Gasteiger partial charge < -0.3 is 9.57 Å². The average Bonchev–Trinajstić information content (AvgIpc) is 3.15. The Morgan fingerprint density at radius 1 is 1.24 bits per heavy atom. The summed E-state index contributed by atoms with van der Waals surface area (Å²) in [7, 11) is 0. The molecule has 1 saturated heterocycles. The Bertz CT molecular complexity index is 846. The standard InChI is InChI=1S/C23H30N2O3S/c1-4-27-23(26)19-9-7-12-25(16-19)13-14-28-24-21(22-18(3)11-15-29-22)20-10-6-5-8-17(20)2/h5-6,8,10-11,15,19H,4,7,9,12-14,16H2,1-3H3/t19-/m1/s1. The van der Waals surface area contributed by atoms with Crippen molar-refractivity contribution in [3.8, 4) is 0 Å². The van der Waals surface area contributed by atoms with Crippen LogP contribution in [0.25, 0.3) is 0 Å². The summed E-state index contributed by atoms with van der Waals surface area (Å²) in [5.41, 5.74) is 4.36. The van der Waals surface area contributed by atoms with Crippen molar-refractivity contribution in [2.24, 2.45) is 11.1 Å². The van der Waals surface area contributed by atoms with Gasteiger partial charge in [0.25, 0.3) is 0 Å². The molecular weight excluding hydrogens is 384 g/mol. The highest BCUT2D eigenvalue weighted by atomic mass is 32.1. The van der Waals surface area contributed by atoms with Crippen LogP contribution in [0, 0.1) is 19.8 Å². The van der Waals surface area contributed by atoms with E-state index in [1.165, 1.54) is 11.1 Å². The Balaban J connectivity index is 1.63. The van der Waals surface area contributed by atoms with E-state index in [0.29, 0.717) is 13.2 Å². The first-order valence-electron chi connectivity index (χ1n) is 10.3. The van der Waals surface area contributed by atoms with Crippen molar-refractivity contribution < 1.29 is 14.4 Å². The van der Waals surface area contributed by atoms with Crippen LogP contribution in [0.5, 0.6) is 0 Å². The number of hydrogen-bond acceptors (Lipinski definition) is 6. The highest BCUT2D eigenvalue weighted by Gasteiger charge is 2.26. The van der Waals surface area contributed by atoms with Gasteiger partial charge in [-0.1, -0.05) is 29.4 Å². The number of ether oxygens (including phenoxy) is 1. The number of likely N-dealkylation sites (tertiary alicyclic amines) is 1. The molecule has 1 aliphatic heterocycles. The third-order valence-electron chi connectivity index (χ3n) is 5.26. The van der Waals surface area contributed by atoms with Crippen LogP contribution < -0.4 is 0 Å². The van der Waals surface area contributed by atoms with E-state index in [-0.39, 0.29) is 11.9 Å². The minimum atomic E-state index is -0.0776. The van der Waals surface area contributed by atoms with Gasteiger partial charge in [-0.3, -0.25) is 9.69 Å². The Hall–Kier alpha value is -2.18. The molecule has 0 aliphatic carbocycles.